The van der Waals surface area contributed by atoms with Crippen LogP contribution in [0, 0.1) is 0 Å². The predicted molar refractivity (Wildman–Crippen MR) is 23.5 cm³/mol. The lowest BCUT2D eigenvalue weighted by Gasteiger charge is -1.96. The van der Waals surface area contributed by atoms with Crippen LogP contribution >= 0.6 is 0 Å². The summed E-state index contributed by atoms with van der Waals surface area (Å²) in [5.41, 5.74) is 0. The summed E-state index contributed by atoms with van der Waals surface area (Å²) in [4.78, 5) is 0. The highest BCUT2D eigenvalue weighted by molar-refractivity contribution is 5.02. The van der Waals surface area contributed by atoms with E-state index >= 15 is 0 Å². The zero-order chi connectivity index (χ0) is 5.28. The molecule has 2 atom stereocenters. The summed E-state index contributed by atoms with van der Waals surface area (Å²) in [6.07, 6.45) is 0.432. The fourth-order valence-corrected chi connectivity index (χ4v) is 0.589. The summed E-state index contributed by atoms with van der Waals surface area (Å²) >= 11 is 0. The van der Waals surface area contributed by atoms with Crippen molar-refractivity contribution in [2.75, 3.05) is 0 Å². The van der Waals surface area contributed by atoms with Crippen LogP contribution in [0.25, 0.3) is 0 Å². The molecule has 0 aromatic carbocycles. The molecule has 0 saturated carbocycles. The molecule has 1 rings (SSSR count). The van der Waals surface area contributed by atoms with Crippen LogP contribution in [0.2, 0.25) is 0 Å². The number of hydrogen-bond acceptors (Lipinski definition) is 0. The van der Waals surface area contributed by atoms with E-state index in [1.54, 1.807) is 0 Å². The average Bonchev–Trinajstić information content (AvgIpc) is 1.91. The molecule has 0 aromatic heterocycles. The molecule has 40 valence electrons. The number of halogens is 2. The molecule has 0 spiro atoms. The summed E-state index contributed by atoms with van der Waals surface area (Å²) in [5.74, 6) is 0. The van der Waals surface area contributed by atoms with Gasteiger partial charge in [-0.25, -0.2) is 8.78 Å². The number of hydrogen-bond donors (Lipinski definition) is 0. The van der Waals surface area contributed by atoms with E-state index in [9.17, 15) is 8.78 Å². The first kappa shape index (κ1) is 4.75. The lowest BCUT2D eigenvalue weighted by molar-refractivity contribution is 0.221. The van der Waals surface area contributed by atoms with E-state index in [1.165, 1.54) is 12.2 Å². The van der Waals surface area contributed by atoms with E-state index in [4.69, 9.17) is 0 Å². The maximum atomic E-state index is 11.9. The van der Waals surface area contributed by atoms with Crippen molar-refractivity contribution in [2.24, 2.45) is 0 Å². The number of rotatable bonds is 0. The minimum atomic E-state index is -1.33. The Kier molecular flexibility index (Phi) is 1.09. The first-order valence-electron chi connectivity index (χ1n) is 2.25. The maximum Gasteiger partial charge on any atom is 0.150 e. The van der Waals surface area contributed by atoms with Crippen LogP contribution in [0.5, 0.6) is 0 Å². The van der Waals surface area contributed by atoms with E-state index in [0.29, 0.717) is 0 Å². The molecule has 0 radical (unpaired) electrons. The van der Waals surface area contributed by atoms with E-state index in [2.05, 4.69) is 0 Å². The van der Waals surface area contributed by atoms with Gasteiger partial charge in [-0.15, -0.1) is 0 Å². The Balaban J connectivity index is 2.45. The van der Waals surface area contributed by atoms with Crippen LogP contribution in [0.3, 0.4) is 0 Å². The molecule has 0 aliphatic heterocycles. The molecule has 1 aliphatic carbocycles. The zero-order valence-electron chi connectivity index (χ0n) is 3.77. The first-order chi connectivity index (χ1) is 3.30. The van der Waals surface area contributed by atoms with Gasteiger partial charge in [-0.1, -0.05) is 12.2 Å². The topological polar surface area (TPSA) is 0 Å². The normalized spacial score (nSPS) is 39.7. The third-order valence-electron chi connectivity index (χ3n) is 1.03. The van der Waals surface area contributed by atoms with Crippen LogP contribution in [0.4, 0.5) is 8.78 Å². The van der Waals surface area contributed by atoms with Gasteiger partial charge in [0, 0.05) is 0 Å². The molecular weight excluding hydrogens is 98.1 g/mol. The van der Waals surface area contributed by atoms with Crippen LogP contribution < -0.4 is 0 Å². The second kappa shape index (κ2) is 1.60. The predicted octanol–water partition coefficient (Wildman–Crippen LogP) is 1.62. The Morgan fingerprint density at radius 3 is 2.29 bits per heavy atom. The quantitative estimate of drug-likeness (QED) is 0.410. The van der Waals surface area contributed by atoms with Crippen molar-refractivity contribution in [3.05, 3.63) is 12.2 Å². The molecule has 1 aliphatic rings. The Morgan fingerprint density at radius 2 is 2.14 bits per heavy atom. The monoisotopic (exact) mass is 104 g/mol. The van der Waals surface area contributed by atoms with Crippen LogP contribution in [0.1, 0.15) is 6.42 Å². The van der Waals surface area contributed by atoms with Crippen molar-refractivity contribution < 1.29 is 8.78 Å². The molecule has 0 aromatic rings. The number of allylic oxidation sites excluding steroid dienone is 2. The first-order valence-corrected chi connectivity index (χ1v) is 2.25. The largest absolute Gasteiger partial charge is 0.244 e. The van der Waals surface area contributed by atoms with E-state index < -0.39 is 12.3 Å². The molecular formula is C5H6F2. The van der Waals surface area contributed by atoms with Gasteiger partial charge in [0.2, 0.25) is 0 Å². The summed E-state index contributed by atoms with van der Waals surface area (Å²) < 4.78 is 23.7. The van der Waals surface area contributed by atoms with Gasteiger partial charge in [0.25, 0.3) is 0 Å². The average molecular weight is 104 g/mol. The minimum absolute atomic E-state index is 0.251. The van der Waals surface area contributed by atoms with Crippen molar-refractivity contribution >= 4 is 0 Å². The van der Waals surface area contributed by atoms with Crippen LogP contribution in [-0.4, -0.2) is 12.3 Å². The lowest BCUT2D eigenvalue weighted by Crippen LogP contribution is -2.06. The van der Waals surface area contributed by atoms with Crippen molar-refractivity contribution in [1.82, 2.24) is 0 Å². The van der Waals surface area contributed by atoms with Crippen LogP contribution in [-0.2, 0) is 0 Å². The van der Waals surface area contributed by atoms with E-state index in [0.717, 1.165) is 0 Å². The molecule has 0 amide bonds. The molecule has 0 fully saturated rings. The summed E-state index contributed by atoms with van der Waals surface area (Å²) in [6, 6.07) is 0. The van der Waals surface area contributed by atoms with E-state index in [-0.39, 0.29) is 6.42 Å². The SMILES string of the molecule is F[C@H]1C=CC[C@@H]1F. The Morgan fingerprint density at radius 1 is 1.43 bits per heavy atom. The molecule has 0 nitrogen and oxygen atoms in total. The van der Waals surface area contributed by atoms with Gasteiger partial charge in [-0.2, -0.15) is 0 Å². The van der Waals surface area contributed by atoms with Gasteiger partial charge in [-0.05, 0) is 6.42 Å². The molecule has 7 heavy (non-hydrogen) atoms. The van der Waals surface area contributed by atoms with Gasteiger partial charge in [-0.3, -0.25) is 0 Å². The maximum absolute atomic E-state index is 11.9. The Hall–Kier alpha value is -0.400. The van der Waals surface area contributed by atoms with E-state index in [1.807, 2.05) is 0 Å². The van der Waals surface area contributed by atoms with Crippen molar-refractivity contribution in [2.45, 2.75) is 18.8 Å². The van der Waals surface area contributed by atoms with Gasteiger partial charge in [0.15, 0.2) is 0 Å². The standard InChI is InChI=1S/C5H6F2/c6-4-2-1-3-5(4)7/h1-2,4-5H,3H2/t4-,5-/m0/s1. The highest BCUT2D eigenvalue weighted by Gasteiger charge is 2.20. The molecule has 2 heteroatoms. The van der Waals surface area contributed by atoms with Gasteiger partial charge in [0.1, 0.15) is 12.3 Å². The fourth-order valence-electron chi connectivity index (χ4n) is 0.589. The van der Waals surface area contributed by atoms with Crippen LogP contribution in [0.15, 0.2) is 12.2 Å². The Labute approximate surface area is 40.8 Å². The summed E-state index contributed by atoms with van der Waals surface area (Å²) in [7, 11) is 0. The lowest BCUT2D eigenvalue weighted by atomic mass is 10.3. The highest BCUT2D eigenvalue weighted by atomic mass is 19.2. The molecule has 0 N–H and O–H groups in total. The summed E-state index contributed by atoms with van der Waals surface area (Å²) in [5, 5.41) is 0. The second-order valence-electron chi connectivity index (χ2n) is 1.62. The second-order valence-corrected chi connectivity index (χ2v) is 1.62. The van der Waals surface area contributed by atoms with Crippen molar-refractivity contribution in [3.63, 3.8) is 0 Å². The van der Waals surface area contributed by atoms with Gasteiger partial charge >= 0.3 is 0 Å². The zero-order valence-corrected chi connectivity index (χ0v) is 3.77. The molecule has 0 saturated heterocycles. The third kappa shape index (κ3) is 0.787. The van der Waals surface area contributed by atoms with Crippen molar-refractivity contribution in [1.29, 1.82) is 0 Å². The van der Waals surface area contributed by atoms with Gasteiger partial charge < -0.3 is 0 Å². The third-order valence-corrected chi connectivity index (χ3v) is 1.03. The Bertz CT molecular complexity index is 88.1. The number of alkyl halides is 2. The van der Waals surface area contributed by atoms with Crippen molar-refractivity contribution in [3.8, 4) is 0 Å². The fraction of sp³-hybridized carbons (Fsp3) is 0.600. The highest BCUT2D eigenvalue weighted by Crippen LogP contribution is 2.16. The van der Waals surface area contributed by atoms with Gasteiger partial charge in [0.05, 0.1) is 0 Å². The smallest absolute Gasteiger partial charge is 0.150 e. The molecule has 0 bridgehead atoms. The minimum Gasteiger partial charge on any atom is -0.244 e. The molecule has 0 heterocycles. The molecule has 0 unspecified atom stereocenters. The summed E-state index contributed by atoms with van der Waals surface area (Å²) in [6.45, 7) is 0.